The van der Waals surface area contributed by atoms with E-state index >= 15 is 0 Å². The summed E-state index contributed by atoms with van der Waals surface area (Å²) in [6.07, 6.45) is 3.45. The summed E-state index contributed by atoms with van der Waals surface area (Å²) < 4.78 is 10.1. The van der Waals surface area contributed by atoms with E-state index in [0.717, 1.165) is 11.3 Å². The Balaban J connectivity index is 2.69. The van der Waals surface area contributed by atoms with Crippen molar-refractivity contribution in [3.05, 3.63) is 35.9 Å². The van der Waals surface area contributed by atoms with Gasteiger partial charge in [0, 0.05) is 18.7 Å². The molecule has 0 saturated carbocycles. The van der Waals surface area contributed by atoms with Crippen LogP contribution in [0.25, 0.3) is 6.08 Å². The van der Waals surface area contributed by atoms with Gasteiger partial charge in [-0.05, 0) is 44.5 Å². The quantitative estimate of drug-likeness (QED) is 0.546. The fourth-order valence-electron chi connectivity index (χ4n) is 2.08. The van der Waals surface area contributed by atoms with Gasteiger partial charge in [-0.15, -0.1) is 0 Å². The van der Waals surface area contributed by atoms with Crippen LogP contribution in [0.15, 0.2) is 30.3 Å². The predicted octanol–water partition coefficient (Wildman–Crippen LogP) is 2.90. The van der Waals surface area contributed by atoms with Crippen LogP contribution in [0, 0.1) is 0 Å². The van der Waals surface area contributed by atoms with Gasteiger partial charge in [-0.1, -0.05) is 12.1 Å². The first kappa shape index (κ1) is 18.7. The number of hydrogen-bond donors (Lipinski definition) is 0. The molecule has 126 valence electrons. The van der Waals surface area contributed by atoms with Gasteiger partial charge in [0.05, 0.1) is 20.1 Å². The van der Waals surface area contributed by atoms with Crippen molar-refractivity contribution in [1.29, 1.82) is 0 Å². The van der Waals surface area contributed by atoms with E-state index in [2.05, 4.69) is 0 Å². The monoisotopic (exact) mass is 319 g/mol. The molecule has 1 aromatic carbocycles. The number of carbonyl (C=O) groups excluding carboxylic acids is 2. The molecule has 1 rings (SSSR count). The van der Waals surface area contributed by atoms with Crippen molar-refractivity contribution in [2.45, 2.75) is 33.2 Å². The molecule has 0 radical (unpaired) electrons. The Morgan fingerprint density at radius 1 is 1.30 bits per heavy atom. The SMILES string of the molecule is CCOC(=O)CCN(C(=O)/C=C/c1cccc(OC)c1)C(C)C. The highest BCUT2D eigenvalue weighted by molar-refractivity contribution is 5.92. The normalized spacial score (nSPS) is 10.8. The smallest absolute Gasteiger partial charge is 0.307 e. The molecule has 5 heteroatoms. The van der Waals surface area contributed by atoms with Gasteiger partial charge in [0.15, 0.2) is 0 Å². The van der Waals surface area contributed by atoms with Gasteiger partial charge in [-0.2, -0.15) is 0 Å². The highest BCUT2D eigenvalue weighted by atomic mass is 16.5. The number of ether oxygens (including phenoxy) is 2. The number of hydrogen-bond acceptors (Lipinski definition) is 4. The molecule has 0 aliphatic carbocycles. The van der Waals surface area contributed by atoms with Crippen LogP contribution in [0.2, 0.25) is 0 Å². The molecule has 0 atom stereocenters. The number of methoxy groups -OCH3 is 1. The van der Waals surface area contributed by atoms with Gasteiger partial charge in [0.1, 0.15) is 5.75 Å². The minimum Gasteiger partial charge on any atom is -0.497 e. The van der Waals surface area contributed by atoms with Crippen molar-refractivity contribution in [2.24, 2.45) is 0 Å². The van der Waals surface area contributed by atoms with Gasteiger partial charge >= 0.3 is 5.97 Å². The third-order valence-corrected chi connectivity index (χ3v) is 3.28. The Hall–Kier alpha value is -2.30. The minimum atomic E-state index is -0.289. The highest BCUT2D eigenvalue weighted by Gasteiger charge is 2.16. The molecule has 0 fully saturated rings. The van der Waals surface area contributed by atoms with Crippen molar-refractivity contribution in [3.8, 4) is 5.75 Å². The molecule has 0 unspecified atom stereocenters. The average molecular weight is 319 g/mol. The van der Waals surface area contributed by atoms with Crippen LogP contribution in [0.3, 0.4) is 0 Å². The molecule has 0 N–H and O–H groups in total. The third kappa shape index (κ3) is 6.55. The molecule has 0 bridgehead atoms. The number of rotatable bonds is 8. The number of nitrogens with zero attached hydrogens (tertiary/aromatic N) is 1. The summed E-state index contributed by atoms with van der Waals surface area (Å²) in [6, 6.07) is 7.46. The van der Waals surface area contributed by atoms with Crippen molar-refractivity contribution in [3.63, 3.8) is 0 Å². The summed E-state index contributed by atoms with van der Waals surface area (Å²) in [6.45, 7) is 6.30. The maximum atomic E-state index is 12.3. The fraction of sp³-hybridized carbons (Fsp3) is 0.444. The Morgan fingerprint density at radius 2 is 2.04 bits per heavy atom. The summed E-state index contributed by atoms with van der Waals surface area (Å²) in [5.41, 5.74) is 0.881. The largest absolute Gasteiger partial charge is 0.497 e. The first-order valence-corrected chi connectivity index (χ1v) is 7.76. The lowest BCUT2D eigenvalue weighted by atomic mass is 10.2. The summed E-state index contributed by atoms with van der Waals surface area (Å²) in [5, 5.41) is 0. The van der Waals surface area contributed by atoms with E-state index in [9.17, 15) is 9.59 Å². The Labute approximate surface area is 137 Å². The number of amides is 1. The average Bonchev–Trinajstić information content (AvgIpc) is 2.53. The van der Waals surface area contributed by atoms with Crippen LogP contribution in [0.4, 0.5) is 0 Å². The van der Waals surface area contributed by atoms with Crippen LogP contribution in [-0.4, -0.2) is 43.1 Å². The van der Waals surface area contributed by atoms with Crippen molar-refractivity contribution >= 4 is 18.0 Å². The molecule has 1 amide bonds. The van der Waals surface area contributed by atoms with E-state index in [-0.39, 0.29) is 24.3 Å². The van der Waals surface area contributed by atoms with E-state index in [1.165, 1.54) is 6.08 Å². The van der Waals surface area contributed by atoms with Crippen LogP contribution >= 0.6 is 0 Å². The summed E-state index contributed by atoms with van der Waals surface area (Å²) >= 11 is 0. The maximum absolute atomic E-state index is 12.3. The van der Waals surface area contributed by atoms with Crippen LogP contribution in [0.1, 0.15) is 32.8 Å². The van der Waals surface area contributed by atoms with Gasteiger partial charge in [0.25, 0.3) is 0 Å². The first-order chi connectivity index (χ1) is 11.0. The fourth-order valence-corrected chi connectivity index (χ4v) is 2.08. The number of benzene rings is 1. The molecule has 0 aromatic heterocycles. The second kappa shape index (κ2) is 9.66. The molecule has 0 aliphatic heterocycles. The summed E-state index contributed by atoms with van der Waals surface area (Å²) in [4.78, 5) is 25.4. The first-order valence-electron chi connectivity index (χ1n) is 7.76. The zero-order valence-corrected chi connectivity index (χ0v) is 14.2. The summed E-state index contributed by atoms with van der Waals surface area (Å²) in [5.74, 6) is 0.317. The second-order valence-electron chi connectivity index (χ2n) is 5.29. The number of esters is 1. The number of carbonyl (C=O) groups is 2. The topological polar surface area (TPSA) is 55.8 Å². The lowest BCUT2D eigenvalue weighted by molar-refractivity contribution is -0.144. The standard InChI is InChI=1S/C18H25NO4/c1-5-23-18(21)11-12-19(14(2)3)17(20)10-9-15-7-6-8-16(13-15)22-4/h6-10,13-14H,5,11-12H2,1-4H3/b10-9+. The molecular weight excluding hydrogens is 294 g/mol. The Kier molecular flexibility index (Phi) is 7.88. The van der Waals surface area contributed by atoms with Gasteiger partial charge in [-0.25, -0.2) is 0 Å². The molecule has 1 aromatic rings. The highest BCUT2D eigenvalue weighted by Crippen LogP contribution is 2.14. The minimum absolute atomic E-state index is 0.00638. The molecule has 0 saturated heterocycles. The molecule has 5 nitrogen and oxygen atoms in total. The lowest BCUT2D eigenvalue weighted by Gasteiger charge is -2.25. The van der Waals surface area contributed by atoms with E-state index < -0.39 is 0 Å². The third-order valence-electron chi connectivity index (χ3n) is 3.28. The Bertz CT molecular complexity index is 552. The van der Waals surface area contributed by atoms with Crippen LogP contribution < -0.4 is 4.74 Å². The molecule has 23 heavy (non-hydrogen) atoms. The van der Waals surface area contributed by atoms with E-state index in [1.807, 2.05) is 38.1 Å². The molecule has 0 spiro atoms. The van der Waals surface area contributed by atoms with Crippen LogP contribution in [-0.2, 0) is 14.3 Å². The Morgan fingerprint density at radius 3 is 2.65 bits per heavy atom. The summed E-state index contributed by atoms with van der Waals surface area (Å²) in [7, 11) is 1.60. The van der Waals surface area contributed by atoms with Gasteiger partial charge < -0.3 is 14.4 Å². The second-order valence-corrected chi connectivity index (χ2v) is 5.29. The molecular formula is C18H25NO4. The zero-order chi connectivity index (χ0) is 17.2. The molecule has 0 aliphatic rings. The molecule has 0 heterocycles. The lowest BCUT2D eigenvalue weighted by Crippen LogP contribution is -2.37. The van der Waals surface area contributed by atoms with Crippen molar-refractivity contribution in [2.75, 3.05) is 20.3 Å². The zero-order valence-electron chi connectivity index (χ0n) is 14.2. The van der Waals surface area contributed by atoms with Crippen LogP contribution in [0.5, 0.6) is 5.75 Å². The van der Waals surface area contributed by atoms with E-state index in [4.69, 9.17) is 9.47 Å². The van der Waals surface area contributed by atoms with E-state index in [1.54, 1.807) is 25.0 Å². The maximum Gasteiger partial charge on any atom is 0.307 e. The predicted molar refractivity (Wildman–Crippen MR) is 90.1 cm³/mol. The van der Waals surface area contributed by atoms with Gasteiger partial charge in [-0.3, -0.25) is 9.59 Å². The van der Waals surface area contributed by atoms with Crippen molar-refractivity contribution in [1.82, 2.24) is 4.90 Å². The van der Waals surface area contributed by atoms with Crippen molar-refractivity contribution < 1.29 is 19.1 Å². The van der Waals surface area contributed by atoms with Gasteiger partial charge in [0.2, 0.25) is 5.91 Å². The van der Waals surface area contributed by atoms with E-state index in [0.29, 0.717) is 13.2 Å².